The number of piperazine rings is 1. The van der Waals surface area contributed by atoms with Gasteiger partial charge in [0, 0.05) is 43.3 Å². The molecular weight excluding hydrogens is 414 g/mol. The summed E-state index contributed by atoms with van der Waals surface area (Å²) in [4.78, 5) is 28.8. The Kier molecular flexibility index (Phi) is 7.80. The minimum Gasteiger partial charge on any atom is -0.494 e. The van der Waals surface area contributed by atoms with Crippen molar-refractivity contribution in [3.05, 3.63) is 53.1 Å². The molecule has 1 aliphatic heterocycles. The van der Waals surface area contributed by atoms with Gasteiger partial charge in [0.05, 0.1) is 17.3 Å². The second-order valence-corrected chi connectivity index (χ2v) is 8.37. The van der Waals surface area contributed by atoms with Gasteiger partial charge >= 0.3 is 0 Å². The number of carbonyl (C=O) groups excluding carboxylic acids is 2. The monoisotopic (exact) mass is 443 g/mol. The van der Waals surface area contributed by atoms with E-state index in [1.54, 1.807) is 30.3 Å². The number of hydrogen-bond donors (Lipinski definition) is 1. The van der Waals surface area contributed by atoms with Crippen molar-refractivity contribution in [1.29, 1.82) is 0 Å². The van der Waals surface area contributed by atoms with Crippen LogP contribution in [0.5, 0.6) is 5.75 Å². The Morgan fingerprint density at radius 2 is 1.74 bits per heavy atom. The lowest BCUT2D eigenvalue weighted by Gasteiger charge is -2.37. The third-order valence-electron chi connectivity index (χ3n) is 5.22. The molecular formula is C24H30ClN3O3. The summed E-state index contributed by atoms with van der Waals surface area (Å²) in [7, 11) is 0. The van der Waals surface area contributed by atoms with E-state index in [4.69, 9.17) is 16.3 Å². The van der Waals surface area contributed by atoms with E-state index in [0.29, 0.717) is 36.0 Å². The van der Waals surface area contributed by atoms with Crippen LogP contribution >= 0.6 is 11.6 Å². The van der Waals surface area contributed by atoms with Gasteiger partial charge in [-0.2, -0.15) is 0 Å². The number of benzene rings is 2. The van der Waals surface area contributed by atoms with Crippen LogP contribution in [0.2, 0.25) is 5.02 Å². The van der Waals surface area contributed by atoms with Crippen molar-refractivity contribution in [1.82, 2.24) is 4.90 Å². The fourth-order valence-corrected chi connectivity index (χ4v) is 3.80. The first kappa shape index (κ1) is 22.9. The molecule has 0 saturated carbocycles. The number of amides is 2. The minimum absolute atomic E-state index is 0.0121. The maximum atomic E-state index is 12.5. The van der Waals surface area contributed by atoms with Crippen LogP contribution in [0.1, 0.15) is 37.6 Å². The average Bonchev–Trinajstić information content (AvgIpc) is 2.77. The Labute approximate surface area is 189 Å². The summed E-state index contributed by atoms with van der Waals surface area (Å²) >= 11 is 6.52. The predicted octanol–water partition coefficient (Wildman–Crippen LogP) is 4.69. The van der Waals surface area contributed by atoms with Crippen molar-refractivity contribution < 1.29 is 14.3 Å². The number of halogens is 1. The Bertz CT molecular complexity index is 907. The van der Waals surface area contributed by atoms with E-state index in [0.717, 1.165) is 30.9 Å². The zero-order valence-electron chi connectivity index (χ0n) is 18.4. The SMILES string of the molecule is CCCOc1ccc(C(=O)Nc2ccc(N3CCN(C(=O)C(C)C)CC3)c(Cl)c2)cc1. The molecule has 6 nitrogen and oxygen atoms in total. The number of nitrogens with zero attached hydrogens (tertiary/aromatic N) is 2. The molecule has 2 aromatic carbocycles. The van der Waals surface area contributed by atoms with Gasteiger partial charge in [0.25, 0.3) is 5.91 Å². The van der Waals surface area contributed by atoms with Crippen LogP contribution in [0.15, 0.2) is 42.5 Å². The molecule has 1 N–H and O–H groups in total. The lowest BCUT2D eigenvalue weighted by atomic mass is 10.1. The van der Waals surface area contributed by atoms with Gasteiger partial charge in [-0.25, -0.2) is 0 Å². The summed E-state index contributed by atoms with van der Waals surface area (Å²) in [5.41, 5.74) is 2.10. The summed E-state index contributed by atoms with van der Waals surface area (Å²) < 4.78 is 5.55. The second kappa shape index (κ2) is 10.5. The molecule has 166 valence electrons. The van der Waals surface area contributed by atoms with Crippen molar-refractivity contribution in [2.24, 2.45) is 5.92 Å². The summed E-state index contributed by atoms with van der Waals surface area (Å²) in [5, 5.41) is 3.46. The molecule has 31 heavy (non-hydrogen) atoms. The number of hydrogen-bond acceptors (Lipinski definition) is 4. The first-order valence-corrected chi connectivity index (χ1v) is 11.1. The molecule has 1 saturated heterocycles. The molecule has 2 amide bonds. The molecule has 1 heterocycles. The molecule has 1 fully saturated rings. The van der Waals surface area contributed by atoms with Gasteiger partial charge in [-0.15, -0.1) is 0 Å². The summed E-state index contributed by atoms with van der Waals surface area (Å²) in [6.07, 6.45) is 0.935. The first-order chi connectivity index (χ1) is 14.9. The van der Waals surface area contributed by atoms with Gasteiger partial charge in [0.2, 0.25) is 5.91 Å². The lowest BCUT2D eigenvalue weighted by Crippen LogP contribution is -2.50. The van der Waals surface area contributed by atoms with E-state index < -0.39 is 0 Å². The molecule has 0 aromatic heterocycles. The zero-order valence-corrected chi connectivity index (χ0v) is 19.1. The van der Waals surface area contributed by atoms with Crippen LogP contribution in [0.3, 0.4) is 0 Å². The molecule has 7 heteroatoms. The van der Waals surface area contributed by atoms with Crippen LogP contribution in [-0.4, -0.2) is 49.5 Å². The largest absolute Gasteiger partial charge is 0.494 e. The highest BCUT2D eigenvalue weighted by atomic mass is 35.5. The lowest BCUT2D eigenvalue weighted by molar-refractivity contribution is -0.134. The Balaban J connectivity index is 1.59. The third kappa shape index (κ3) is 5.91. The number of carbonyl (C=O) groups is 2. The third-order valence-corrected chi connectivity index (χ3v) is 5.52. The van der Waals surface area contributed by atoms with Gasteiger partial charge in [-0.1, -0.05) is 32.4 Å². The van der Waals surface area contributed by atoms with Crippen molar-refractivity contribution >= 4 is 34.8 Å². The standard InChI is InChI=1S/C24H30ClN3O3/c1-4-15-31-20-8-5-18(6-9-20)23(29)26-19-7-10-22(21(25)16-19)27-11-13-28(14-12-27)24(30)17(2)3/h5-10,16-17H,4,11-15H2,1-3H3,(H,26,29). The quantitative estimate of drug-likeness (QED) is 0.674. The fourth-order valence-electron chi connectivity index (χ4n) is 3.50. The predicted molar refractivity (Wildman–Crippen MR) is 125 cm³/mol. The number of nitrogens with one attached hydrogen (secondary N) is 1. The van der Waals surface area contributed by atoms with Crippen molar-refractivity contribution in [2.45, 2.75) is 27.2 Å². The first-order valence-electron chi connectivity index (χ1n) is 10.8. The van der Waals surface area contributed by atoms with Gasteiger partial charge in [-0.05, 0) is 48.9 Å². The smallest absolute Gasteiger partial charge is 0.255 e. The maximum absolute atomic E-state index is 12.5. The fraction of sp³-hybridized carbons (Fsp3) is 0.417. The normalized spacial score (nSPS) is 14.0. The molecule has 0 spiro atoms. The molecule has 0 aliphatic carbocycles. The molecule has 0 radical (unpaired) electrons. The van der Waals surface area contributed by atoms with Gasteiger partial charge in [-0.3, -0.25) is 9.59 Å². The summed E-state index contributed by atoms with van der Waals surface area (Å²) in [6, 6.07) is 12.6. The van der Waals surface area contributed by atoms with E-state index in [9.17, 15) is 9.59 Å². The topological polar surface area (TPSA) is 61.9 Å². The van der Waals surface area contributed by atoms with Crippen molar-refractivity contribution in [3.8, 4) is 5.75 Å². The van der Waals surface area contributed by atoms with Crippen LogP contribution in [0.25, 0.3) is 0 Å². The Morgan fingerprint density at radius 3 is 2.32 bits per heavy atom. The van der Waals surface area contributed by atoms with Crippen molar-refractivity contribution in [3.63, 3.8) is 0 Å². The van der Waals surface area contributed by atoms with Crippen LogP contribution in [-0.2, 0) is 4.79 Å². The van der Waals surface area contributed by atoms with E-state index in [2.05, 4.69) is 10.2 Å². The Hall–Kier alpha value is -2.73. The summed E-state index contributed by atoms with van der Waals surface area (Å²) in [5.74, 6) is 0.750. The summed E-state index contributed by atoms with van der Waals surface area (Å²) in [6.45, 7) is 9.38. The number of ether oxygens (including phenoxy) is 1. The second-order valence-electron chi connectivity index (χ2n) is 7.96. The molecule has 1 aliphatic rings. The minimum atomic E-state index is -0.202. The molecule has 0 atom stereocenters. The van der Waals surface area contributed by atoms with Gasteiger partial charge in [0.15, 0.2) is 0 Å². The van der Waals surface area contributed by atoms with E-state index >= 15 is 0 Å². The van der Waals surface area contributed by atoms with E-state index in [1.807, 2.05) is 37.8 Å². The molecule has 0 unspecified atom stereocenters. The van der Waals surface area contributed by atoms with Crippen LogP contribution in [0.4, 0.5) is 11.4 Å². The average molecular weight is 444 g/mol. The Morgan fingerprint density at radius 1 is 1.06 bits per heavy atom. The number of anilines is 2. The zero-order chi connectivity index (χ0) is 22.4. The van der Waals surface area contributed by atoms with E-state index in [-0.39, 0.29) is 17.7 Å². The molecule has 2 aromatic rings. The highest BCUT2D eigenvalue weighted by molar-refractivity contribution is 6.33. The highest BCUT2D eigenvalue weighted by Crippen LogP contribution is 2.30. The van der Waals surface area contributed by atoms with Crippen LogP contribution in [0, 0.1) is 5.92 Å². The van der Waals surface area contributed by atoms with E-state index in [1.165, 1.54) is 0 Å². The van der Waals surface area contributed by atoms with Crippen LogP contribution < -0.4 is 15.0 Å². The highest BCUT2D eigenvalue weighted by Gasteiger charge is 2.24. The van der Waals surface area contributed by atoms with Gasteiger partial charge in [0.1, 0.15) is 5.75 Å². The van der Waals surface area contributed by atoms with Gasteiger partial charge < -0.3 is 19.9 Å². The molecule has 3 rings (SSSR count). The van der Waals surface area contributed by atoms with Crippen molar-refractivity contribution in [2.75, 3.05) is 43.0 Å². The molecule has 0 bridgehead atoms. The number of rotatable bonds is 7. The maximum Gasteiger partial charge on any atom is 0.255 e.